The molecule has 0 unspecified atom stereocenters. The van der Waals surface area contributed by atoms with Crippen LogP contribution in [0.2, 0.25) is 0 Å². The third-order valence-corrected chi connectivity index (χ3v) is 4.20. The molecular formula is C16H20F6N2. The molecule has 1 aromatic rings. The van der Waals surface area contributed by atoms with Gasteiger partial charge < -0.3 is 5.32 Å². The van der Waals surface area contributed by atoms with E-state index in [0.717, 1.165) is 0 Å². The topological polar surface area (TPSA) is 15.3 Å². The summed E-state index contributed by atoms with van der Waals surface area (Å²) < 4.78 is 78.9. The number of benzene rings is 1. The molecule has 0 aromatic heterocycles. The maximum Gasteiger partial charge on any atom is 0.416 e. The molecule has 0 amide bonds. The van der Waals surface area contributed by atoms with Crippen molar-refractivity contribution in [2.75, 3.05) is 26.2 Å². The Morgan fingerprint density at radius 2 is 1.67 bits per heavy atom. The van der Waals surface area contributed by atoms with Gasteiger partial charge in [-0.1, -0.05) is 13.3 Å². The number of piperazine rings is 1. The van der Waals surface area contributed by atoms with Crippen LogP contribution in [-0.4, -0.2) is 31.1 Å². The minimum absolute atomic E-state index is 0.277. The highest BCUT2D eigenvalue weighted by atomic mass is 19.4. The normalized spacial score (nSPS) is 18.6. The first-order valence-electron chi connectivity index (χ1n) is 7.87. The Bertz CT molecular complexity index is 546. The van der Waals surface area contributed by atoms with Gasteiger partial charge in [-0.15, -0.1) is 0 Å². The molecule has 0 spiro atoms. The smallest absolute Gasteiger partial charge is 0.314 e. The highest BCUT2D eigenvalue weighted by Gasteiger charge is 2.39. The molecule has 0 saturated carbocycles. The predicted molar refractivity (Wildman–Crippen MR) is 78.5 cm³/mol. The van der Waals surface area contributed by atoms with Crippen LogP contribution in [0.15, 0.2) is 18.2 Å². The molecule has 2 rings (SSSR count). The van der Waals surface area contributed by atoms with Gasteiger partial charge in [0.1, 0.15) is 0 Å². The number of halogens is 6. The van der Waals surface area contributed by atoms with E-state index in [2.05, 4.69) is 5.32 Å². The first-order chi connectivity index (χ1) is 11.1. The van der Waals surface area contributed by atoms with Gasteiger partial charge in [0.05, 0.1) is 11.1 Å². The summed E-state index contributed by atoms with van der Waals surface area (Å²) in [5, 5.41) is 3.10. The number of alkyl halides is 6. The van der Waals surface area contributed by atoms with Crippen LogP contribution in [0.3, 0.4) is 0 Å². The zero-order valence-electron chi connectivity index (χ0n) is 13.3. The molecule has 0 bridgehead atoms. The van der Waals surface area contributed by atoms with Crippen LogP contribution in [0.1, 0.15) is 42.5 Å². The van der Waals surface area contributed by atoms with Crippen molar-refractivity contribution in [2.24, 2.45) is 0 Å². The van der Waals surface area contributed by atoms with Gasteiger partial charge in [-0.05, 0) is 30.2 Å². The molecule has 2 nitrogen and oxygen atoms in total. The van der Waals surface area contributed by atoms with Gasteiger partial charge in [0, 0.05) is 32.2 Å². The summed E-state index contributed by atoms with van der Waals surface area (Å²) in [6.45, 7) is 4.06. The van der Waals surface area contributed by atoms with E-state index in [0.29, 0.717) is 57.2 Å². The molecule has 136 valence electrons. The Morgan fingerprint density at radius 3 is 2.17 bits per heavy atom. The van der Waals surface area contributed by atoms with Gasteiger partial charge in [-0.2, -0.15) is 26.3 Å². The molecule has 8 heteroatoms. The average molecular weight is 354 g/mol. The molecule has 24 heavy (non-hydrogen) atoms. The molecule has 1 atom stereocenters. The quantitative estimate of drug-likeness (QED) is 0.803. The lowest BCUT2D eigenvalue weighted by molar-refractivity contribution is -0.142. The maximum atomic E-state index is 13.3. The molecular weight excluding hydrogens is 334 g/mol. The highest BCUT2D eigenvalue weighted by molar-refractivity contribution is 5.37. The van der Waals surface area contributed by atoms with Crippen LogP contribution < -0.4 is 5.32 Å². The number of nitrogens with zero attached hydrogens (tertiary/aromatic N) is 1. The minimum Gasteiger partial charge on any atom is -0.314 e. The summed E-state index contributed by atoms with van der Waals surface area (Å²) in [6, 6.07) is 1.07. The molecule has 1 aliphatic rings. The van der Waals surface area contributed by atoms with Crippen molar-refractivity contribution in [3.63, 3.8) is 0 Å². The SMILES string of the molecule is CCC[C@@H](c1cc(C(F)(F)F)ccc1C(F)(F)F)N1CCNCC1. The van der Waals surface area contributed by atoms with E-state index < -0.39 is 29.5 Å². The van der Waals surface area contributed by atoms with Crippen molar-refractivity contribution in [3.8, 4) is 0 Å². The summed E-state index contributed by atoms with van der Waals surface area (Å²) in [5.74, 6) is 0. The van der Waals surface area contributed by atoms with E-state index in [9.17, 15) is 26.3 Å². The van der Waals surface area contributed by atoms with Crippen molar-refractivity contribution >= 4 is 0 Å². The Hall–Kier alpha value is -1.28. The average Bonchev–Trinajstić information content (AvgIpc) is 2.51. The summed E-state index contributed by atoms with van der Waals surface area (Å²) in [5.41, 5.74) is -2.30. The predicted octanol–water partition coefficient (Wildman–Crippen LogP) is 4.47. The third-order valence-electron chi connectivity index (χ3n) is 4.20. The second kappa shape index (κ2) is 7.31. The van der Waals surface area contributed by atoms with Crippen molar-refractivity contribution in [3.05, 3.63) is 34.9 Å². The van der Waals surface area contributed by atoms with Gasteiger partial charge in [0.25, 0.3) is 0 Å². The molecule has 1 N–H and O–H groups in total. The monoisotopic (exact) mass is 354 g/mol. The van der Waals surface area contributed by atoms with Crippen molar-refractivity contribution in [2.45, 2.75) is 38.2 Å². The Kier molecular flexibility index (Phi) is 5.80. The lowest BCUT2D eigenvalue weighted by atomic mass is 9.92. The molecule has 0 aliphatic carbocycles. The van der Waals surface area contributed by atoms with E-state index in [1.54, 1.807) is 0 Å². The van der Waals surface area contributed by atoms with E-state index in [1.165, 1.54) is 0 Å². The van der Waals surface area contributed by atoms with Crippen LogP contribution in [0.5, 0.6) is 0 Å². The number of hydrogen-bond acceptors (Lipinski definition) is 2. The number of nitrogens with one attached hydrogen (secondary N) is 1. The van der Waals surface area contributed by atoms with Crippen molar-refractivity contribution in [1.29, 1.82) is 0 Å². The van der Waals surface area contributed by atoms with E-state index in [-0.39, 0.29) is 5.56 Å². The lowest BCUT2D eigenvalue weighted by Crippen LogP contribution is -2.45. The largest absolute Gasteiger partial charge is 0.416 e. The zero-order chi connectivity index (χ0) is 18.0. The fourth-order valence-corrected chi connectivity index (χ4v) is 3.07. The van der Waals surface area contributed by atoms with Gasteiger partial charge in [-0.3, -0.25) is 4.90 Å². The van der Waals surface area contributed by atoms with E-state index in [4.69, 9.17) is 0 Å². The Morgan fingerprint density at radius 1 is 1.04 bits per heavy atom. The first kappa shape index (κ1) is 19.1. The standard InChI is InChI=1S/C16H20F6N2/c1-2-3-14(24-8-6-23-7-9-24)12-10-11(15(17,18)19)4-5-13(12)16(20,21)22/h4-5,10,14,23H,2-3,6-9H2,1H3/t14-/m0/s1. The van der Waals surface area contributed by atoms with Crippen LogP contribution in [-0.2, 0) is 12.4 Å². The Labute approximate surface area is 136 Å². The lowest BCUT2D eigenvalue weighted by Gasteiger charge is -2.36. The second-order valence-corrected chi connectivity index (χ2v) is 5.89. The molecule has 1 aromatic carbocycles. The number of hydrogen-bond donors (Lipinski definition) is 1. The number of rotatable bonds is 4. The van der Waals surface area contributed by atoms with Gasteiger partial charge in [0.2, 0.25) is 0 Å². The fourth-order valence-electron chi connectivity index (χ4n) is 3.07. The van der Waals surface area contributed by atoms with Crippen LogP contribution in [0.25, 0.3) is 0 Å². The molecule has 1 heterocycles. The van der Waals surface area contributed by atoms with E-state index >= 15 is 0 Å². The Balaban J connectivity index is 2.52. The van der Waals surface area contributed by atoms with Crippen molar-refractivity contribution < 1.29 is 26.3 Å². The van der Waals surface area contributed by atoms with Gasteiger partial charge in [0.15, 0.2) is 0 Å². The summed E-state index contributed by atoms with van der Waals surface area (Å²) in [7, 11) is 0. The van der Waals surface area contributed by atoms with E-state index in [1.807, 2.05) is 11.8 Å². The fraction of sp³-hybridized carbons (Fsp3) is 0.625. The minimum atomic E-state index is -4.68. The van der Waals surface area contributed by atoms with Crippen LogP contribution >= 0.6 is 0 Å². The summed E-state index contributed by atoms with van der Waals surface area (Å²) in [6.07, 6.45) is -8.38. The second-order valence-electron chi connectivity index (χ2n) is 5.89. The van der Waals surface area contributed by atoms with Crippen LogP contribution in [0.4, 0.5) is 26.3 Å². The van der Waals surface area contributed by atoms with Crippen LogP contribution in [0, 0.1) is 0 Å². The molecule has 0 radical (unpaired) electrons. The third kappa shape index (κ3) is 4.42. The molecule has 1 saturated heterocycles. The van der Waals surface area contributed by atoms with Gasteiger partial charge in [-0.25, -0.2) is 0 Å². The maximum absolute atomic E-state index is 13.3. The van der Waals surface area contributed by atoms with Crippen molar-refractivity contribution in [1.82, 2.24) is 10.2 Å². The molecule has 1 aliphatic heterocycles. The zero-order valence-corrected chi connectivity index (χ0v) is 13.3. The highest BCUT2D eigenvalue weighted by Crippen LogP contribution is 2.41. The molecule has 1 fully saturated rings. The summed E-state index contributed by atoms with van der Waals surface area (Å²) >= 11 is 0. The summed E-state index contributed by atoms with van der Waals surface area (Å²) in [4.78, 5) is 1.84. The van der Waals surface area contributed by atoms with Gasteiger partial charge >= 0.3 is 12.4 Å². The first-order valence-corrected chi connectivity index (χ1v) is 7.87.